The number of carbonyl (C=O) groups is 1. The first kappa shape index (κ1) is 13.2. The van der Waals surface area contributed by atoms with Gasteiger partial charge in [0.05, 0.1) is 19.8 Å². The normalized spacial score (nSPS) is 15.5. The Kier molecular flexibility index (Phi) is 4.43. The molecule has 0 aliphatic carbocycles. The number of nitrogens with zero attached hydrogens (tertiary/aromatic N) is 1. The summed E-state index contributed by atoms with van der Waals surface area (Å²) in [5.74, 6) is 0.0852. The van der Waals surface area contributed by atoms with E-state index in [1.807, 2.05) is 17.0 Å². The molecule has 1 aliphatic heterocycles. The van der Waals surface area contributed by atoms with Crippen molar-refractivity contribution in [3.8, 4) is 0 Å². The Labute approximate surface area is 114 Å². The molecule has 1 amide bonds. The highest BCUT2D eigenvalue weighted by molar-refractivity contribution is 9.10. The lowest BCUT2D eigenvalue weighted by Crippen LogP contribution is -2.43. The van der Waals surface area contributed by atoms with Crippen molar-refractivity contribution in [3.05, 3.63) is 22.7 Å². The van der Waals surface area contributed by atoms with Crippen LogP contribution in [0.1, 0.15) is 0 Å². The molecule has 0 spiro atoms. The van der Waals surface area contributed by atoms with E-state index in [9.17, 15) is 4.79 Å². The van der Waals surface area contributed by atoms with Gasteiger partial charge in [-0.15, -0.1) is 0 Å². The van der Waals surface area contributed by atoms with Gasteiger partial charge in [-0.1, -0.05) is 0 Å². The molecule has 1 saturated heterocycles. The SMILES string of the molecule is Nc1ccc(NCC(=O)N2CCOCC2)c(Br)c1. The minimum absolute atomic E-state index is 0.0852. The summed E-state index contributed by atoms with van der Waals surface area (Å²) in [6.45, 7) is 2.87. The van der Waals surface area contributed by atoms with E-state index in [-0.39, 0.29) is 12.5 Å². The average molecular weight is 314 g/mol. The largest absolute Gasteiger partial charge is 0.399 e. The summed E-state index contributed by atoms with van der Waals surface area (Å²) in [7, 11) is 0. The van der Waals surface area contributed by atoms with Crippen molar-refractivity contribution in [1.82, 2.24) is 4.90 Å². The zero-order valence-electron chi connectivity index (χ0n) is 9.99. The molecule has 0 atom stereocenters. The number of anilines is 2. The molecule has 1 aromatic carbocycles. The number of hydrogen-bond acceptors (Lipinski definition) is 4. The smallest absolute Gasteiger partial charge is 0.242 e. The number of halogens is 1. The first-order valence-corrected chi connectivity index (χ1v) is 6.60. The van der Waals surface area contributed by atoms with Crippen LogP contribution in [-0.2, 0) is 9.53 Å². The zero-order chi connectivity index (χ0) is 13.0. The summed E-state index contributed by atoms with van der Waals surface area (Å²) in [5.41, 5.74) is 7.21. The van der Waals surface area contributed by atoms with Crippen LogP contribution in [0.25, 0.3) is 0 Å². The number of nitrogens with one attached hydrogen (secondary N) is 1. The topological polar surface area (TPSA) is 67.6 Å². The Morgan fingerprint density at radius 1 is 1.44 bits per heavy atom. The van der Waals surface area contributed by atoms with E-state index in [1.165, 1.54) is 0 Å². The summed E-state index contributed by atoms with van der Waals surface area (Å²) >= 11 is 3.41. The summed E-state index contributed by atoms with van der Waals surface area (Å²) in [4.78, 5) is 13.7. The first-order chi connectivity index (χ1) is 8.66. The summed E-state index contributed by atoms with van der Waals surface area (Å²) in [6.07, 6.45) is 0. The van der Waals surface area contributed by atoms with Gasteiger partial charge in [-0.05, 0) is 34.1 Å². The molecule has 1 aromatic rings. The second-order valence-electron chi connectivity index (χ2n) is 4.09. The molecule has 98 valence electrons. The van der Waals surface area contributed by atoms with Gasteiger partial charge in [-0.3, -0.25) is 4.79 Å². The number of nitrogens with two attached hydrogens (primary N) is 1. The van der Waals surface area contributed by atoms with Crippen LogP contribution in [0.4, 0.5) is 11.4 Å². The monoisotopic (exact) mass is 313 g/mol. The van der Waals surface area contributed by atoms with Crippen molar-refractivity contribution in [2.45, 2.75) is 0 Å². The number of carbonyl (C=O) groups excluding carboxylic acids is 1. The molecule has 1 heterocycles. The van der Waals surface area contributed by atoms with Gasteiger partial charge in [-0.25, -0.2) is 0 Å². The second-order valence-corrected chi connectivity index (χ2v) is 4.94. The van der Waals surface area contributed by atoms with Gasteiger partial charge in [0.15, 0.2) is 0 Å². The number of ether oxygens (including phenoxy) is 1. The van der Waals surface area contributed by atoms with Gasteiger partial charge in [0, 0.05) is 28.9 Å². The maximum atomic E-state index is 11.9. The van der Waals surface area contributed by atoms with Crippen LogP contribution in [0, 0.1) is 0 Å². The minimum atomic E-state index is 0.0852. The van der Waals surface area contributed by atoms with E-state index in [0.29, 0.717) is 32.0 Å². The van der Waals surface area contributed by atoms with Crippen LogP contribution in [0.5, 0.6) is 0 Å². The lowest BCUT2D eigenvalue weighted by molar-refractivity contribution is -0.133. The van der Waals surface area contributed by atoms with E-state index in [2.05, 4.69) is 21.2 Å². The van der Waals surface area contributed by atoms with Gasteiger partial charge >= 0.3 is 0 Å². The fraction of sp³-hybridized carbons (Fsp3) is 0.417. The van der Waals surface area contributed by atoms with Gasteiger partial charge in [0.25, 0.3) is 0 Å². The Morgan fingerprint density at radius 3 is 2.83 bits per heavy atom. The highest BCUT2D eigenvalue weighted by Crippen LogP contribution is 2.24. The number of morpholine rings is 1. The molecule has 3 N–H and O–H groups in total. The molecular formula is C12H16BrN3O2. The van der Waals surface area contributed by atoms with Gasteiger partial charge in [-0.2, -0.15) is 0 Å². The fourth-order valence-corrected chi connectivity index (χ4v) is 2.31. The Morgan fingerprint density at radius 2 is 2.17 bits per heavy atom. The standard InChI is InChI=1S/C12H16BrN3O2/c13-10-7-9(14)1-2-11(10)15-8-12(17)16-3-5-18-6-4-16/h1-2,7,15H,3-6,8,14H2. The Balaban J connectivity index is 1.88. The highest BCUT2D eigenvalue weighted by Gasteiger charge is 2.16. The first-order valence-electron chi connectivity index (χ1n) is 5.81. The molecule has 2 rings (SSSR count). The fourth-order valence-electron chi connectivity index (χ4n) is 1.77. The van der Waals surface area contributed by atoms with E-state index in [0.717, 1.165) is 10.2 Å². The van der Waals surface area contributed by atoms with E-state index in [1.54, 1.807) is 6.07 Å². The molecule has 0 bridgehead atoms. The van der Waals surface area contributed by atoms with Crippen LogP contribution in [0.15, 0.2) is 22.7 Å². The Bertz CT molecular complexity index is 433. The van der Waals surface area contributed by atoms with Crippen LogP contribution in [-0.4, -0.2) is 43.7 Å². The number of nitrogen functional groups attached to an aromatic ring is 1. The van der Waals surface area contributed by atoms with Crippen molar-refractivity contribution in [3.63, 3.8) is 0 Å². The van der Waals surface area contributed by atoms with E-state index in [4.69, 9.17) is 10.5 Å². The van der Waals surface area contributed by atoms with Gasteiger partial charge in [0.2, 0.25) is 5.91 Å². The molecule has 1 fully saturated rings. The summed E-state index contributed by atoms with van der Waals surface area (Å²) < 4.78 is 6.07. The minimum Gasteiger partial charge on any atom is -0.399 e. The lowest BCUT2D eigenvalue weighted by atomic mass is 10.3. The molecule has 0 radical (unpaired) electrons. The molecule has 1 aliphatic rings. The van der Waals surface area contributed by atoms with Gasteiger partial charge < -0.3 is 20.7 Å². The maximum Gasteiger partial charge on any atom is 0.242 e. The highest BCUT2D eigenvalue weighted by atomic mass is 79.9. The zero-order valence-corrected chi connectivity index (χ0v) is 11.6. The van der Waals surface area contributed by atoms with Crippen LogP contribution < -0.4 is 11.1 Å². The number of hydrogen-bond donors (Lipinski definition) is 2. The molecule has 18 heavy (non-hydrogen) atoms. The third-order valence-electron chi connectivity index (χ3n) is 2.79. The molecule has 0 aromatic heterocycles. The van der Waals surface area contributed by atoms with Crippen LogP contribution in [0.2, 0.25) is 0 Å². The molecule has 0 unspecified atom stereocenters. The van der Waals surface area contributed by atoms with Crippen molar-refractivity contribution in [1.29, 1.82) is 0 Å². The van der Waals surface area contributed by atoms with E-state index >= 15 is 0 Å². The molecule has 0 saturated carbocycles. The van der Waals surface area contributed by atoms with E-state index < -0.39 is 0 Å². The third-order valence-corrected chi connectivity index (χ3v) is 3.44. The van der Waals surface area contributed by atoms with Crippen molar-refractivity contribution in [2.75, 3.05) is 43.9 Å². The molecular weight excluding hydrogens is 298 g/mol. The summed E-state index contributed by atoms with van der Waals surface area (Å²) in [5, 5.41) is 3.10. The predicted octanol–water partition coefficient (Wildman–Crippen LogP) is 1.30. The quantitative estimate of drug-likeness (QED) is 0.825. The third kappa shape index (κ3) is 3.36. The van der Waals surface area contributed by atoms with Crippen LogP contribution in [0.3, 0.4) is 0 Å². The number of benzene rings is 1. The van der Waals surface area contributed by atoms with Crippen molar-refractivity contribution >= 4 is 33.2 Å². The molecule has 5 nitrogen and oxygen atoms in total. The van der Waals surface area contributed by atoms with Gasteiger partial charge in [0.1, 0.15) is 0 Å². The van der Waals surface area contributed by atoms with Crippen molar-refractivity contribution in [2.24, 2.45) is 0 Å². The maximum absolute atomic E-state index is 11.9. The van der Waals surface area contributed by atoms with Crippen LogP contribution >= 0.6 is 15.9 Å². The molecule has 6 heteroatoms. The van der Waals surface area contributed by atoms with Crippen molar-refractivity contribution < 1.29 is 9.53 Å². The second kappa shape index (κ2) is 6.06. The number of amides is 1. The Hall–Kier alpha value is -1.27. The average Bonchev–Trinajstić information content (AvgIpc) is 2.38. The number of rotatable bonds is 3. The predicted molar refractivity (Wildman–Crippen MR) is 74.4 cm³/mol. The lowest BCUT2D eigenvalue weighted by Gasteiger charge is -2.27. The summed E-state index contributed by atoms with van der Waals surface area (Å²) in [6, 6.07) is 5.46.